The first-order chi connectivity index (χ1) is 13.2. The minimum atomic E-state index is -4.62. The number of hydrogen-bond donors (Lipinski definition) is 0. The first-order valence-electron chi connectivity index (χ1n) is 8.70. The molecule has 4 rings (SSSR count). The Morgan fingerprint density at radius 1 is 1.32 bits per heavy atom. The van der Waals surface area contributed by atoms with Crippen molar-refractivity contribution in [2.45, 2.75) is 36.9 Å². The van der Waals surface area contributed by atoms with Gasteiger partial charge in [0.15, 0.2) is 5.82 Å². The average Bonchev–Trinajstić information content (AvgIpc) is 3.38. The van der Waals surface area contributed by atoms with Gasteiger partial charge in [0.25, 0.3) is 5.56 Å². The van der Waals surface area contributed by atoms with Crippen LogP contribution in [0.4, 0.5) is 13.2 Å². The summed E-state index contributed by atoms with van der Waals surface area (Å²) in [6.45, 7) is 1.99. The van der Waals surface area contributed by atoms with Crippen LogP contribution in [0.1, 0.15) is 31.5 Å². The van der Waals surface area contributed by atoms with Crippen LogP contribution in [0.15, 0.2) is 32.5 Å². The molecule has 3 aromatic heterocycles. The molecule has 0 spiro atoms. The fourth-order valence-electron chi connectivity index (χ4n) is 3.28. The molecule has 0 saturated heterocycles. The Morgan fingerprint density at radius 2 is 2.04 bits per heavy atom. The molecule has 28 heavy (non-hydrogen) atoms. The Morgan fingerprint density at radius 3 is 2.64 bits per heavy atom. The summed E-state index contributed by atoms with van der Waals surface area (Å²) < 4.78 is 43.9. The van der Waals surface area contributed by atoms with E-state index in [-0.39, 0.29) is 11.0 Å². The van der Waals surface area contributed by atoms with Crippen molar-refractivity contribution in [2.24, 2.45) is 7.05 Å². The summed E-state index contributed by atoms with van der Waals surface area (Å²) in [7, 11) is 1.64. The van der Waals surface area contributed by atoms with Crippen molar-refractivity contribution < 1.29 is 13.2 Å². The summed E-state index contributed by atoms with van der Waals surface area (Å²) in [5, 5.41) is 0. The van der Waals surface area contributed by atoms with Crippen molar-refractivity contribution in [1.29, 1.82) is 0 Å². The number of thioether (sulfide) groups is 1. The zero-order valence-corrected chi connectivity index (χ0v) is 17.5. The van der Waals surface area contributed by atoms with Gasteiger partial charge in [-0.1, -0.05) is 6.92 Å². The summed E-state index contributed by atoms with van der Waals surface area (Å²) in [5.74, 6) is 1.17. The van der Waals surface area contributed by atoms with Gasteiger partial charge in [0.1, 0.15) is 16.9 Å². The van der Waals surface area contributed by atoms with E-state index in [2.05, 4.69) is 25.9 Å². The first-order valence-corrected chi connectivity index (χ1v) is 10.5. The largest absolute Gasteiger partial charge is 0.431 e. The lowest BCUT2D eigenvalue weighted by atomic mass is 10.2. The summed E-state index contributed by atoms with van der Waals surface area (Å²) in [6, 6.07) is 2.47. The topological polar surface area (TPSA) is 52.7 Å². The Hall–Kier alpha value is -1.81. The van der Waals surface area contributed by atoms with Gasteiger partial charge >= 0.3 is 6.18 Å². The summed E-state index contributed by atoms with van der Waals surface area (Å²) >= 11 is 4.94. The van der Waals surface area contributed by atoms with Gasteiger partial charge < -0.3 is 4.57 Å². The summed E-state index contributed by atoms with van der Waals surface area (Å²) in [6.07, 6.45) is -1.86. The number of fused-ring (bicyclic) bond motifs is 1. The normalized spacial score (nSPS) is 14.8. The van der Waals surface area contributed by atoms with Crippen LogP contribution in [-0.4, -0.2) is 24.9 Å². The number of imidazole rings is 1. The average molecular weight is 473 g/mol. The third kappa shape index (κ3) is 3.26. The lowest BCUT2D eigenvalue weighted by Crippen LogP contribution is -2.28. The van der Waals surface area contributed by atoms with Crippen LogP contribution in [0.25, 0.3) is 22.6 Å². The van der Waals surface area contributed by atoms with E-state index in [1.165, 1.54) is 0 Å². The molecule has 0 aromatic carbocycles. The maximum Gasteiger partial charge on any atom is 0.431 e. The second-order valence-electron chi connectivity index (χ2n) is 6.60. The predicted octanol–water partition coefficient (Wildman–Crippen LogP) is 5.03. The van der Waals surface area contributed by atoms with Crippen LogP contribution in [0.3, 0.4) is 0 Å². The number of hydrogen-bond acceptors (Lipinski definition) is 4. The number of pyridine rings is 2. The molecule has 0 radical (unpaired) electrons. The highest BCUT2D eigenvalue weighted by Crippen LogP contribution is 2.40. The van der Waals surface area contributed by atoms with E-state index in [1.54, 1.807) is 29.6 Å². The number of nitrogens with zero attached hydrogens (tertiary/aromatic N) is 4. The van der Waals surface area contributed by atoms with Gasteiger partial charge in [-0.3, -0.25) is 14.3 Å². The molecule has 0 aliphatic heterocycles. The van der Waals surface area contributed by atoms with Gasteiger partial charge in [-0.2, -0.15) is 13.2 Å². The highest BCUT2D eigenvalue weighted by Gasteiger charge is 2.40. The van der Waals surface area contributed by atoms with Crippen molar-refractivity contribution in [3.8, 4) is 11.5 Å². The number of halogens is 4. The van der Waals surface area contributed by atoms with Gasteiger partial charge in [-0.05, 0) is 46.7 Å². The van der Waals surface area contributed by atoms with Crippen LogP contribution in [-0.2, 0) is 13.2 Å². The lowest BCUT2D eigenvalue weighted by Gasteiger charge is -2.15. The molecular formula is C18H16BrF3N4OS. The number of aryl methyl sites for hydroxylation is 1. The van der Waals surface area contributed by atoms with E-state index < -0.39 is 23.5 Å². The second-order valence-corrected chi connectivity index (χ2v) is 8.82. The molecule has 148 valence electrons. The molecule has 3 heterocycles. The van der Waals surface area contributed by atoms with E-state index >= 15 is 0 Å². The molecule has 1 fully saturated rings. The van der Waals surface area contributed by atoms with E-state index in [9.17, 15) is 18.0 Å². The van der Waals surface area contributed by atoms with Crippen molar-refractivity contribution in [3.63, 3.8) is 0 Å². The zero-order chi connectivity index (χ0) is 20.2. The minimum absolute atomic E-state index is 0.0314. The summed E-state index contributed by atoms with van der Waals surface area (Å²) in [4.78, 5) is 22.6. The third-order valence-corrected chi connectivity index (χ3v) is 5.95. The molecular weight excluding hydrogens is 457 g/mol. The van der Waals surface area contributed by atoms with Crippen molar-refractivity contribution in [3.05, 3.63) is 38.9 Å². The molecule has 0 amide bonds. The minimum Gasteiger partial charge on any atom is -0.321 e. The Balaban J connectivity index is 2.00. The monoisotopic (exact) mass is 472 g/mol. The van der Waals surface area contributed by atoms with Crippen molar-refractivity contribution in [1.82, 2.24) is 19.1 Å². The van der Waals surface area contributed by atoms with E-state index in [4.69, 9.17) is 0 Å². The second kappa shape index (κ2) is 6.91. The Bertz CT molecular complexity index is 1130. The molecule has 0 unspecified atom stereocenters. The number of rotatable bonds is 4. The molecule has 0 atom stereocenters. The highest BCUT2D eigenvalue weighted by atomic mass is 79.9. The van der Waals surface area contributed by atoms with Crippen LogP contribution in [0.2, 0.25) is 0 Å². The van der Waals surface area contributed by atoms with Gasteiger partial charge in [0.05, 0.1) is 5.52 Å². The summed E-state index contributed by atoms with van der Waals surface area (Å²) in [5.41, 5.74) is -0.866. The molecule has 0 bridgehead atoms. The van der Waals surface area contributed by atoms with Crippen LogP contribution in [0.5, 0.6) is 0 Å². The SMILES string of the molecule is CCSc1cc(Br)cnc1-c1nc2cc(C(F)(F)F)n(C3CC3)c(=O)c2n1C. The standard InChI is InChI=1S/C18H16BrF3N4OS/c1-3-28-12-6-9(19)8-23-14(12)16-24-11-7-13(18(20,21)22)26(10-4-5-10)17(27)15(11)25(16)2/h6-8,10H,3-5H2,1-2H3. The molecule has 1 saturated carbocycles. The van der Waals surface area contributed by atoms with Crippen LogP contribution in [0, 0.1) is 0 Å². The molecule has 1 aliphatic carbocycles. The molecule has 1 aliphatic rings. The highest BCUT2D eigenvalue weighted by molar-refractivity contribution is 9.10. The Kier molecular flexibility index (Phi) is 4.81. The third-order valence-electron chi connectivity index (χ3n) is 4.61. The smallest absolute Gasteiger partial charge is 0.321 e. The predicted molar refractivity (Wildman–Crippen MR) is 106 cm³/mol. The van der Waals surface area contributed by atoms with Gasteiger partial charge in [-0.25, -0.2) is 4.98 Å². The quantitative estimate of drug-likeness (QED) is 0.500. The number of aromatic nitrogens is 4. The maximum absolute atomic E-state index is 13.6. The van der Waals surface area contributed by atoms with Crippen LogP contribution < -0.4 is 5.56 Å². The van der Waals surface area contributed by atoms with Crippen molar-refractivity contribution >= 4 is 38.7 Å². The van der Waals surface area contributed by atoms with Gasteiger partial charge in [-0.15, -0.1) is 11.8 Å². The van der Waals surface area contributed by atoms with E-state index in [1.807, 2.05) is 13.0 Å². The zero-order valence-electron chi connectivity index (χ0n) is 15.0. The van der Waals surface area contributed by atoms with Crippen LogP contribution >= 0.6 is 27.7 Å². The van der Waals surface area contributed by atoms with Crippen molar-refractivity contribution in [2.75, 3.05) is 5.75 Å². The molecule has 0 N–H and O–H groups in total. The van der Waals surface area contributed by atoms with E-state index in [0.29, 0.717) is 24.4 Å². The lowest BCUT2D eigenvalue weighted by molar-refractivity contribution is -0.144. The van der Waals surface area contributed by atoms with Gasteiger partial charge in [0.2, 0.25) is 0 Å². The van der Waals surface area contributed by atoms with Gasteiger partial charge in [0, 0.05) is 28.7 Å². The fourth-order valence-corrected chi connectivity index (χ4v) is 4.56. The fraction of sp³-hybridized carbons (Fsp3) is 0.389. The molecule has 10 heteroatoms. The first kappa shape index (κ1) is 19.5. The maximum atomic E-state index is 13.6. The van der Waals surface area contributed by atoms with E-state index in [0.717, 1.165) is 25.8 Å². The Labute approximate surface area is 171 Å². The number of alkyl halides is 3. The molecule has 5 nitrogen and oxygen atoms in total. The molecule has 3 aromatic rings.